The summed E-state index contributed by atoms with van der Waals surface area (Å²) in [5, 5.41) is 3.25. The number of rotatable bonds is 4. The van der Waals surface area contributed by atoms with E-state index in [9.17, 15) is 4.39 Å². The van der Waals surface area contributed by atoms with E-state index in [2.05, 4.69) is 26.2 Å². The largest absolute Gasteiger partial charge is 0.379 e. The van der Waals surface area contributed by atoms with Crippen molar-refractivity contribution in [1.82, 2.24) is 9.55 Å². The number of imidazole rings is 1. The summed E-state index contributed by atoms with van der Waals surface area (Å²) in [4.78, 5) is 6.30. The number of anilines is 2. The minimum absolute atomic E-state index is 0.263. The Morgan fingerprint density at radius 1 is 1.42 bits per heavy atom. The molecule has 0 aliphatic heterocycles. The second-order valence-corrected chi connectivity index (χ2v) is 5.34. The minimum atomic E-state index is -0.263. The van der Waals surface area contributed by atoms with Gasteiger partial charge in [0.2, 0.25) is 5.95 Å². The van der Waals surface area contributed by atoms with Crippen LogP contribution in [0, 0.1) is 5.82 Å². The zero-order valence-corrected chi connectivity index (χ0v) is 12.7. The number of halogens is 2. The third-order valence-electron chi connectivity index (χ3n) is 2.85. The van der Waals surface area contributed by atoms with Crippen LogP contribution in [0.25, 0.3) is 0 Å². The van der Waals surface area contributed by atoms with Crippen molar-refractivity contribution in [1.29, 1.82) is 0 Å². The molecule has 0 saturated carbocycles. The lowest BCUT2D eigenvalue weighted by molar-refractivity contribution is 0.621. The summed E-state index contributed by atoms with van der Waals surface area (Å²) >= 11 is 3.17. The van der Waals surface area contributed by atoms with Crippen LogP contribution in [0.1, 0.15) is 5.69 Å². The third kappa shape index (κ3) is 3.07. The van der Waals surface area contributed by atoms with Crippen molar-refractivity contribution >= 4 is 27.6 Å². The lowest BCUT2D eigenvalue weighted by Gasteiger charge is -2.13. The summed E-state index contributed by atoms with van der Waals surface area (Å²) in [6, 6.07) is 4.86. The van der Waals surface area contributed by atoms with E-state index in [0.717, 1.165) is 17.3 Å². The van der Waals surface area contributed by atoms with Crippen LogP contribution in [-0.2, 0) is 13.6 Å². The van der Waals surface area contributed by atoms with Crippen molar-refractivity contribution in [2.45, 2.75) is 6.54 Å². The number of hydrogen-bond donors (Lipinski definition) is 1. The second kappa shape index (κ2) is 5.61. The van der Waals surface area contributed by atoms with Gasteiger partial charge in [-0.2, -0.15) is 0 Å². The molecule has 102 valence electrons. The Morgan fingerprint density at radius 2 is 2.16 bits per heavy atom. The number of aromatic nitrogens is 2. The first kappa shape index (κ1) is 13.9. The summed E-state index contributed by atoms with van der Waals surface area (Å²) in [5.74, 6) is 0.637. The van der Waals surface area contributed by atoms with Gasteiger partial charge in [-0.25, -0.2) is 9.37 Å². The smallest absolute Gasteiger partial charge is 0.204 e. The van der Waals surface area contributed by atoms with Crippen LogP contribution < -0.4 is 10.2 Å². The molecule has 6 heteroatoms. The molecule has 1 aromatic heterocycles. The van der Waals surface area contributed by atoms with Gasteiger partial charge in [-0.1, -0.05) is 0 Å². The first-order valence-electron chi connectivity index (χ1n) is 5.86. The Hall–Kier alpha value is -1.56. The Morgan fingerprint density at radius 3 is 2.74 bits per heavy atom. The Labute approximate surface area is 120 Å². The minimum Gasteiger partial charge on any atom is -0.379 e. The van der Waals surface area contributed by atoms with Gasteiger partial charge in [0.05, 0.1) is 22.9 Å². The van der Waals surface area contributed by atoms with Crippen LogP contribution in [0.4, 0.5) is 16.0 Å². The molecular weight excluding hydrogens is 311 g/mol. The Balaban J connectivity index is 2.08. The summed E-state index contributed by atoms with van der Waals surface area (Å²) in [5.41, 5.74) is 1.92. The van der Waals surface area contributed by atoms with Crippen LogP contribution in [-0.4, -0.2) is 23.6 Å². The fourth-order valence-electron chi connectivity index (χ4n) is 1.81. The Kier molecular flexibility index (Phi) is 4.09. The molecule has 2 aromatic rings. The Bertz CT molecular complexity index is 580. The predicted molar refractivity (Wildman–Crippen MR) is 79.0 cm³/mol. The quantitative estimate of drug-likeness (QED) is 0.937. The monoisotopic (exact) mass is 326 g/mol. The van der Waals surface area contributed by atoms with Gasteiger partial charge in [-0.05, 0) is 34.1 Å². The van der Waals surface area contributed by atoms with E-state index < -0.39 is 0 Å². The molecule has 0 unspecified atom stereocenters. The van der Waals surface area contributed by atoms with E-state index in [1.54, 1.807) is 12.1 Å². The van der Waals surface area contributed by atoms with E-state index in [4.69, 9.17) is 0 Å². The maximum absolute atomic E-state index is 13.1. The van der Waals surface area contributed by atoms with Crippen molar-refractivity contribution in [3.63, 3.8) is 0 Å². The predicted octanol–water partition coefficient (Wildman–Crippen LogP) is 3.00. The zero-order valence-electron chi connectivity index (χ0n) is 11.1. The highest BCUT2D eigenvalue weighted by Crippen LogP contribution is 2.21. The van der Waals surface area contributed by atoms with Gasteiger partial charge in [0.1, 0.15) is 5.82 Å². The van der Waals surface area contributed by atoms with Crippen molar-refractivity contribution in [2.75, 3.05) is 24.3 Å². The maximum Gasteiger partial charge on any atom is 0.204 e. The molecule has 2 rings (SSSR count). The standard InChI is InChI=1S/C13H16BrFN4/c1-18(2)13-17-8-10(19(13)3)7-16-9-4-5-12(15)11(14)6-9/h4-6,8,16H,7H2,1-3H3. The average molecular weight is 327 g/mol. The van der Waals surface area contributed by atoms with Gasteiger partial charge in [-0.15, -0.1) is 0 Å². The molecule has 1 aromatic carbocycles. The SMILES string of the molecule is CN(C)c1ncc(CNc2ccc(F)c(Br)c2)n1C. The van der Waals surface area contributed by atoms with E-state index in [0.29, 0.717) is 11.0 Å². The second-order valence-electron chi connectivity index (χ2n) is 4.49. The van der Waals surface area contributed by atoms with Crippen LogP contribution in [0.2, 0.25) is 0 Å². The summed E-state index contributed by atoms with van der Waals surface area (Å²) in [6.45, 7) is 0.634. The van der Waals surface area contributed by atoms with Crippen LogP contribution in [0.5, 0.6) is 0 Å². The molecule has 0 radical (unpaired) electrons. The number of benzene rings is 1. The third-order valence-corrected chi connectivity index (χ3v) is 3.46. The van der Waals surface area contributed by atoms with Crippen molar-refractivity contribution in [2.24, 2.45) is 7.05 Å². The molecule has 0 fully saturated rings. The first-order chi connectivity index (χ1) is 8.99. The molecule has 1 heterocycles. The van der Waals surface area contributed by atoms with Gasteiger partial charge in [0, 0.05) is 26.8 Å². The normalized spacial score (nSPS) is 10.6. The molecule has 0 bridgehead atoms. The highest BCUT2D eigenvalue weighted by molar-refractivity contribution is 9.10. The fourth-order valence-corrected chi connectivity index (χ4v) is 2.19. The molecule has 0 amide bonds. The molecule has 0 saturated heterocycles. The number of hydrogen-bond acceptors (Lipinski definition) is 3. The molecule has 4 nitrogen and oxygen atoms in total. The molecule has 0 atom stereocenters. The molecule has 0 aliphatic rings. The van der Waals surface area contributed by atoms with Crippen molar-refractivity contribution in [3.05, 3.63) is 40.4 Å². The lowest BCUT2D eigenvalue weighted by atomic mass is 10.3. The number of nitrogens with one attached hydrogen (secondary N) is 1. The van der Waals surface area contributed by atoms with E-state index in [1.807, 2.05) is 36.8 Å². The first-order valence-corrected chi connectivity index (χ1v) is 6.65. The highest BCUT2D eigenvalue weighted by Gasteiger charge is 2.08. The van der Waals surface area contributed by atoms with Crippen LogP contribution in [0.15, 0.2) is 28.9 Å². The summed E-state index contributed by atoms with van der Waals surface area (Å²) in [7, 11) is 5.88. The van der Waals surface area contributed by atoms with E-state index in [-0.39, 0.29) is 5.82 Å². The van der Waals surface area contributed by atoms with Gasteiger partial charge >= 0.3 is 0 Å². The zero-order chi connectivity index (χ0) is 14.0. The highest BCUT2D eigenvalue weighted by atomic mass is 79.9. The molecule has 1 N–H and O–H groups in total. The van der Waals surface area contributed by atoms with Crippen molar-refractivity contribution < 1.29 is 4.39 Å². The van der Waals surface area contributed by atoms with Crippen molar-refractivity contribution in [3.8, 4) is 0 Å². The number of nitrogens with zero attached hydrogens (tertiary/aromatic N) is 3. The molecular formula is C13H16BrFN4. The summed E-state index contributed by atoms with van der Waals surface area (Å²) < 4.78 is 15.6. The topological polar surface area (TPSA) is 33.1 Å². The van der Waals surface area contributed by atoms with Gasteiger partial charge in [-0.3, -0.25) is 0 Å². The molecule has 0 spiro atoms. The summed E-state index contributed by atoms with van der Waals surface area (Å²) in [6.07, 6.45) is 1.83. The van der Waals surface area contributed by atoms with Crippen LogP contribution in [0.3, 0.4) is 0 Å². The fraction of sp³-hybridized carbons (Fsp3) is 0.308. The maximum atomic E-state index is 13.1. The molecule has 0 aliphatic carbocycles. The van der Waals surface area contributed by atoms with Gasteiger partial charge < -0.3 is 14.8 Å². The van der Waals surface area contributed by atoms with Gasteiger partial charge in [0.25, 0.3) is 0 Å². The van der Waals surface area contributed by atoms with Crippen LogP contribution >= 0.6 is 15.9 Å². The van der Waals surface area contributed by atoms with E-state index in [1.165, 1.54) is 6.07 Å². The lowest BCUT2D eigenvalue weighted by Crippen LogP contribution is -2.15. The van der Waals surface area contributed by atoms with E-state index >= 15 is 0 Å². The molecule has 19 heavy (non-hydrogen) atoms. The average Bonchev–Trinajstić information content (AvgIpc) is 2.72. The van der Waals surface area contributed by atoms with Gasteiger partial charge in [0.15, 0.2) is 0 Å².